The number of hydrogen-bond donors (Lipinski definition) is 1. The lowest BCUT2D eigenvalue weighted by Crippen LogP contribution is -2.32. The number of halogens is 1. The molecule has 26 heavy (non-hydrogen) atoms. The van der Waals surface area contributed by atoms with Crippen LogP contribution in [0.3, 0.4) is 0 Å². The first-order valence-electron chi connectivity index (χ1n) is 7.65. The zero-order valence-electron chi connectivity index (χ0n) is 13.4. The number of carbonyl (C=O) groups excluding carboxylic acids is 4. The molecule has 3 rings (SSSR count). The molecule has 0 aliphatic carbocycles. The standard InChI is InChI=1S/C18H13ClN2O5/c19-13-6-5-10(9-14(13)20)17(24)11-3-1-2-4-12(11)18(25)26-21-15(22)7-8-16(21)23/h1-6,9H,7-8,20H2. The van der Waals surface area contributed by atoms with E-state index in [0.29, 0.717) is 10.1 Å². The van der Waals surface area contributed by atoms with Gasteiger partial charge in [0.2, 0.25) is 0 Å². The molecular weight excluding hydrogens is 360 g/mol. The second-order valence-electron chi connectivity index (χ2n) is 5.57. The van der Waals surface area contributed by atoms with Crippen LogP contribution in [-0.2, 0) is 14.4 Å². The Labute approximate surface area is 153 Å². The third kappa shape index (κ3) is 3.29. The van der Waals surface area contributed by atoms with Gasteiger partial charge in [0, 0.05) is 24.0 Å². The summed E-state index contributed by atoms with van der Waals surface area (Å²) in [6, 6.07) is 10.3. The number of anilines is 1. The predicted octanol–water partition coefficient (Wildman–Crippen LogP) is 2.37. The first-order chi connectivity index (χ1) is 12.4. The lowest BCUT2D eigenvalue weighted by molar-refractivity contribution is -0.172. The lowest BCUT2D eigenvalue weighted by atomic mass is 9.98. The maximum Gasteiger partial charge on any atom is 0.364 e. The maximum atomic E-state index is 12.7. The van der Waals surface area contributed by atoms with Crippen LogP contribution in [-0.4, -0.2) is 28.6 Å². The number of hydrogen-bond acceptors (Lipinski definition) is 6. The number of amides is 2. The SMILES string of the molecule is Nc1cc(C(=O)c2ccccc2C(=O)ON2C(=O)CCC2=O)ccc1Cl. The van der Waals surface area contributed by atoms with Crippen LogP contribution < -0.4 is 5.73 Å². The van der Waals surface area contributed by atoms with E-state index in [9.17, 15) is 19.2 Å². The fourth-order valence-corrected chi connectivity index (χ4v) is 2.61. The molecule has 2 aromatic carbocycles. The number of ketones is 1. The van der Waals surface area contributed by atoms with Gasteiger partial charge in [-0.1, -0.05) is 29.8 Å². The van der Waals surface area contributed by atoms with Gasteiger partial charge in [-0.15, -0.1) is 5.06 Å². The number of imide groups is 1. The largest absolute Gasteiger partial charge is 0.398 e. The van der Waals surface area contributed by atoms with E-state index in [0.717, 1.165) is 0 Å². The van der Waals surface area contributed by atoms with Crippen molar-refractivity contribution in [3.8, 4) is 0 Å². The minimum atomic E-state index is -0.973. The third-order valence-corrected chi connectivity index (χ3v) is 4.17. The molecule has 0 spiro atoms. The summed E-state index contributed by atoms with van der Waals surface area (Å²) in [7, 11) is 0. The molecule has 1 heterocycles. The van der Waals surface area contributed by atoms with Crippen molar-refractivity contribution in [2.45, 2.75) is 12.8 Å². The van der Waals surface area contributed by atoms with Crippen LogP contribution >= 0.6 is 11.6 Å². The highest BCUT2D eigenvalue weighted by Gasteiger charge is 2.34. The molecule has 0 aromatic heterocycles. The van der Waals surface area contributed by atoms with Gasteiger partial charge in [0.15, 0.2) is 5.78 Å². The second-order valence-corrected chi connectivity index (χ2v) is 5.98. The molecule has 1 aliphatic heterocycles. The average molecular weight is 373 g/mol. The highest BCUT2D eigenvalue weighted by atomic mass is 35.5. The predicted molar refractivity (Wildman–Crippen MR) is 92.2 cm³/mol. The maximum absolute atomic E-state index is 12.7. The summed E-state index contributed by atoms with van der Waals surface area (Å²) in [5.74, 6) is -2.64. The number of carbonyl (C=O) groups is 4. The van der Waals surface area contributed by atoms with Crippen molar-refractivity contribution in [1.82, 2.24) is 5.06 Å². The van der Waals surface area contributed by atoms with Gasteiger partial charge in [-0.2, -0.15) is 0 Å². The summed E-state index contributed by atoms with van der Waals surface area (Å²) in [6.07, 6.45) is -0.0342. The topological polar surface area (TPSA) is 107 Å². The first-order valence-corrected chi connectivity index (χ1v) is 8.03. The fourth-order valence-electron chi connectivity index (χ4n) is 2.49. The second kappa shape index (κ2) is 6.97. The summed E-state index contributed by atoms with van der Waals surface area (Å²) >= 11 is 5.86. The number of nitrogens with zero attached hydrogens (tertiary/aromatic N) is 1. The van der Waals surface area contributed by atoms with E-state index in [1.54, 1.807) is 6.07 Å². The molecule has 0 radical (unpaired) electrons. The summed E-state index contributed by atoms with van der Waals surface area (Å²) in [4.78, 5) is 53.2. The fraction of sp³-hybridized carbons (Fsp3) is 0.111. The molecule has 1 fully saturated rings. The highest BCUT2D eigenvalue weighted by Crippen LogP contribution is 2.23. The van der Waals surface area contributed by atoms with Crippen LogP contribution in [0.15, 0.2) is 42.5 Å². The molecule has 132 valence electrons. The molecule has 2 aromatic rings. The number of benzene rings is 2. The Hall–Kier alpha value is -3.19. The van der Waals surface area contributed by atoms with E-state index >= 15 is 0 Å². The lowest BCUT2D eigenvalue weighted by Gasteiger charge is -2.14. The van der Waals surface area contributed by atoms with E-state index in [4.69, 9.17) is 22.2 Å². The number of nitrogen functional groups attached to an aromatic ring is 1. The van der Waals surface area contributed by atoms with Gasteiger partial charge in [-0.05, 0) is 24.3 Å². The summed E-state index contributed by atoms with van der Waals surface area (Å²) in [6.45, 7) is 0. The Morgan fingerprint density at radius 2 is 1.62 bits per heavy atom. The summed E-state index contributed by atoms with van der Waals surface area (Å²) in [5.41, 5.74) is 6.16. The van der Waals surface area contributed by atoms with E-state index < -0.39 is 23.6 Å². The Bertz CT molecular complexity index is 925. The van der Waals surface area contributed by atoms with E-state index in [1.165, 1.54) is 36.4 Å². The number of rotatable bonds is 4. The molecule has 1 aliphatic rings. The molecule has 0 bridgehead atoms. The van der Waals surface area contributed by atoms with Crippen LogP contribution in [0.1, 0.15) is 39.1 Å². The van der Waals surface area contributed by atoms with E-state index in [2.05, 4.69) is 0 Å². The first kappa shape index (κ1) is 17.6. The van der Waals surface area contributed by atoms with E-state index in [1.807, 2.05) is 0 Å². The normalized spacial score (nSPS) is 13.8. The molecule has 2 N–H and O–H groups in total. The monoisotopic (exact) mass is 372 g/mol. The Morgan fingerprint density at radius 3 is 2.23 bits per heavy atom. The Kier molecular flexibility index (Phi) is 4.73. The van der Waals surface area contributed by atoms with Crippen LogP contribution in [0.2, 0.25) is 5.02 Å². The van der Waals surface area contributed by atoms with Crippen molar-refractivity contribution in [2.24, 2.45) is 0 Å². The van der Waals surface area contributed by atoms with Crippen molar-refractivity contribution in [2.75, 3.05) is 5.73 Å². The van der Waals surface area contributed by atoms with Crippen LogP contribution in [0, 0.1) is 0 Å². The molecule has 1 saturated heterocycles. The minimum absolute atomic E-state index is 0.0171. The van der Waals surface area contributed by atoms with Crippen molar-refractivity contribution in [1.29, 1.82) is 0 Å². The molecular formula is C18H13ClN2O5. The van der Waals surface area contributed by atoms with Gasteiger partial charge < -0.3 is 10.6 Å². The van der Waals surface area contributed by atoms with Crippen molar-refractivity contribution >= 4 is 40.9 Å². The van der Waals surface area contributed by atoms with Gasteiger partial charge in [0.25, 0.3) is 11.8 Å². The smallest absolute Gasteiger partial charge is 0.364 e. The van der Waals surface area contributed by atoms with Crippen LogP contribution in [0.4, 0.5) is 5.69 Å². The molecule has 0 unspecified atom stereocenters. The van der Waals surface area contributed by atoms with Crippen LogP contribution in [0.25, 0.3) is 0 Å². The van der Waals surface area contributed by atoms with E-state index in [-0.39, 0.29) is 35.2 Å². The zero-order valence-corrected chi connectivity index (χ0v) is 14.2. The van der Waals surface area contributed by atoms with Gasteiger partial charge in [-0.25, -0.2) is 4.79 Å². The minimum Gasteiger partial charge on any atom is -0.398 e. The number of hydroxylamine groups is 2. The molecule has 0 atom stereocenters. The molecule has 0 saturated carbocycles. The average Bonchev–Trinajstić information content (AvgIpc) is 2.95. The Balaban J connectivity index is 1.91. The van der Waals surface area contributed by atoms with Gasteiger partial charge in [-0.3, -0.25) is 14.4 Å². The van der Waals surface area contributed by atoms with Crippen molar-refractivity contribution in [3.05, 3.63) is 64.2 Å². The zero-order chi connectivity index (χ0) is 18.8. The summed E-state index contributed by atoms with van der Waals surface area (Å²) in [5, 5.41) is 0.740. The number of nitrogens with two attached hydrogens (primary N) is 1. The summed E-state index contributed by atoms with van der Waals surface area (Å²) < 4.78 is 0. The molecule has 2 amide bonds. The van der Waals surface area contributed by atoms with Gasteiger partial charge in [0.05, 0.1) is 16.3 Å². The molecule has 8 heteroatoms. The highest BCUT2D eigenvalue weighted by molar-refractivity contribution is 6.33. The van der Waals surface area contributed by atoms with Crippen LogP contribution in [0.5, 0.6) is 0 Å². The van der Waals surface area contributed by atoms with Gasteiger partial charge in [0.1, 0.15) is 0 Å². The van der Waals surface area contributed by atoms with Crippen molar-refractivity contribution < 1.29 is 24.0 Å². The quantitative estimate of drug-likeness (QED) is 0.501. The Morgan fingerprint density at radius 1 is 1.00 bits per heavy atom. The molecule has 7 nitrogen and oxygen atoms in total. The van der Waals surface area contributed by atoms with Crippen molar-refractivity contribution in [3.63, 3.8) is 0 Å². The third-order valence-electron chi connectivity index (χ3n) is 3.83. The van der Waals surface area contributed by atoms with Gasteiger partial charge >= 0.3 is 5.97 Å².